The second-order valence-electron chi connectivity index (χ2n) is 10.6. The second-order valence-corrected chi connectivity index (χ2v) is 10.6. The Morgan fingerprint density at radius 2 is 1.30 bits per heavy atom. The van der Waals surface area contributed by atoms with Gasteiger partial charge in [-0.2, -0.15) is 13.2 Å². The Balaban J connectivity index is 0. The summed E-state index contributed by atoms with van der Waals surface area (Å²) < 4.78 is 37.1. The minimum Gasteiger partial charge on any atom is -0.382 e. The number of alkyl halides is 3. The molecule has 1 rings (SSSR count). The molecule has 7 N–H and O–H groups in total. The van der Waals surface area contributed by atoms with Crippen molar-refractivity contribution in [1.82, 2.24) is 21.3 Å². The Morgan fingerprint density at radius 1 is 0.783 bits per heavy atom. The van der Waals surface area contributed by atoms with Crippen LogP contribution in [0.5, 0.6) is 0 Å². The SMILES string of the molecule is CCC.CCC(N)=O.CCCCCCCCCC(=O)NCC(=O)NC(Cc1ccccc1)C(=O)NCC(=O)NCC(O)C(F)(F)F. The predicted molar refractivity (Wildman–Crippen MR) is 171 cm³/mol. The average molecular weight is 662 g/mol. The quantitative estimate of drug-likeness (QED) is 0.124. The lowest BCUT2D eigenvalue weighted by Crippen LogP contribution is -2.52. The highest BCUT2D eigenvalue weighted by atomic mass is 19.4. The van der Waals surface area contributed by atoms with Crippen LogP contribution < -0.4 is 27.0 Å². The van der Waals surface area contributed by atoms with Crippen LogP contribution in [-0.2, 0) is 30.4 Å². The molecule has 5 amide bonds. The van der Waals surface area contributed by atoms with Gasteiger partial charge in [0.25, 0.3) is 0 Å². The van der Waals surface area contributed by atoms with Gasteiger partial charge in [-0.3, -0.25) is 24.0 Å². The number of carbonyl (C=O) groups excluding carboxylic acids is 5. The van der Waals surface area contributed by atoms with Crippen molar-refractivity contribution in [2.75, 3.05) is 19.6 Å². The van der Waals surface area contributed by atoms with E-state index in [2.05, 4.69) is 42.5 Å². The van der Waals surface area contributed by atoms with E-state index in [-0.39, 0.29) is 24.8 Å². The van der Waals surface area contributed by atoms with Crippen LogP contribution in [0.1, 0.15) is 97.5 Å². The van der Waals surface area contributed by atoms with Crippen LogP contribution in [0.4, 0.5) is 13.2 Å². The minimum absolute atomic E-state index is 0.0821. The maximum absolute atomic E-state index is 12.7. The maximum Gasteiger partial charge on any atom is 0.416 e. The average Bonchev–Trinajstić information content (AvgIpc) is 3.01. The number of rotatable bonds is 19. The van der Waals surface area contributed by atoms with Crippen molar-refractivity contribution in [2.45, 2.75) is 117 Å². The fourth-order valence-corrected chi connectivity index (χ4v) is 3.49. The van der Waals surface area contributed by atoms with Gasteiger partial charge in [-0.05, 0) is 12.0 Å². The maximum atomic E-state index is 12.7. The number of nitrogens with one attached hydrogen (secondary N) is 4. The number of primary amides is 1. The molecule has 2 unspecified atom stereocenters. The van der Waals surface area contributed by atoms with Gasteiger partial charge in [0.15, 0.2) is 6.10 Å². The first-order valence-electron chi connectivity index (χ1n) is 15.9. The first kappa shape index (κ1) is 44.4. The lowest BCUT2D eigenvalue weighted by molar-refractivity contribution is -0.201. The molecule has 0 aliphatic rings. The van der Waals surface area contributed by atoms with Gasteiger partial charge in [0.2, 0.25) is 29.5 Å². The van der Waals surface area contributed by atoms with Crippen molar-refractivity contribution >= 4 is 29.5 Å². The molecule has 0 heterocycles. The lowest BCUT2D eigenvalue weighted by atomic mass is 10.1. The largest absolute Gasteiger partial charge is 0.416 e. The van der Waals surface area contributed by atoms with Crippen LogP contribution in [-0.4, -0.2) is 72.6 Å². The summed E-state index contributed by atoms with van der Waals surface area (Å²) >= 11 is 0. The van der Waals surface area contributed by atoms with Crippen molar-refractivity contribution in [3.8, 4) is 0 Å². The molecule has 1 aromatic rings. The summed E-state index contributed by atoms with van der Waals surface area (Å²) in [6, 6.07) is 7.64. The van der Waals surface area contributed by atoms with Gasteiger partial charge in [-0.1, -0.05) is 103 Å². The molecule has 46 heavy (non-hydrogen) atoms. The number of benzene rings is 1. The molecule has 0 aromatic heterocycles. The number of nitrogens with two attached hydrogens (primary N) is 1. The standard InChI is InChI=1S/C26H39F3N4O5.C3H7NO.C3H8/c1-2-3-4-5-6-7-11-14-22(35)31-18-24(37)33-20(15-19-12-9-8-10-13-19)25(38)32-17-23(36)30-16-21(34)26(27,28)29;1-2-3(4)5;1-3-2/h8-10,12-13,20-21,34H,2-7,11,14-18H2,1H3,(H,30,36)(H,31,35)(H,32,38)(H,33,37);2H2,1H3,(H2,4,5);3H2,1-2H3. The zero-order valence-electron chi connectivity index (χ0n) is 27.6. The van der Waals surface area contributed by atoms with E-state index in [0.717, 1.165) is 25.7 Å². The Bertz CT molecular complexity index is 996. The molecule has 0 aliphatic heterocycles. The van der Waals surface area contributed by atoms with Crippen LogP contribution in [0.15, 0.2) is 30.3 Å². The summed E-state index contributed by atoms with van der Waals surface area (Å²) in [5, 5.41) is 18.2. The molecule has 0 fully saturated rings. The normalized spacial score (nSPS) is 11.7. The third-order valence-electron chi connectivity index (χ3n) is 6.03. The molecule has 2 atom stereocenters. The van der Waals surface area contributed by atoms with Crippen molar-refractivity contribution < 1.29 is 42.3 Å². The van der Waals surface area contributed by atoms with Gasteiger partial charge in [0.1, 0.15) is 6.04 Å². The van der Waals surface area contributed by atoms with E-state index in [1.807, 2.05) is 5.32 Å². The van der Waals surface area contributed by atoms with Crippen molar-refractivity contribution in [1.29, 1.82) is 0 Å². The molecular weight excluding hydrogens is 607 g/mol. The van der Waals surface area contributed by atoms with E-state index in [1.165, 1.54) is 25.7 Å². The molecule has 0 spiro atoms. The molecular formula is C32H54F3N5O6. The molecule has 0 saturated heterocycles. The van der Waals surface area contributed by atoms with Crippen LogP contribution in [0.3, 0.4) is 0 Å². The van der Waals surface area contributed by atoms with Crippen molar-refractivity contribution in [3.63, 3.8) is 0 Å². The Morgan fingerprint density at radius 3 is 1.83 bits per heavy atom. The Labute approximate surface area is 271 Å². The molecule has 0 radical (unpaired) electrons. The van der Waals surface area contributed by atoms with E-state index in [0.29, 0.717) is 18.4 Å². The lowest BCUT2D eigenvalue weighted by Gasteiger charge is -2.19. The first-order valence-corrected chi connectivity index (χ1v) is 15.9. The third-order valence-corrected chi connectivity index (χ3v) is 6.03. The van der Waals surface area contributed by atoms with E-state index < -0.39 is 49.1 Å². The number of hydrogen-bond donors (Lipinski definition) is 6. The molecule has 0 aliphatic carbocycles. The van der Waals surface area contributed by atoms with Crippen LogP contribution in [0, 0.1) is 0 Å². The topological polar surface area (TPSA) is 180 Å². The molecule has 264 valence electrons. The number of amides is 5. The summed E-state index contributed by atoms with van der Waals surface area (Å²) in [6.07, 6.45) is 1.89. The van der Waals surface area contributed by atoms with E-state index in [4.69, 9.17) is 5.11 Å². The fourth-order valence-electron chi connectivity index (χ4n) is 3.49. The molecule has 0 saturated carbocycles. The molecule has 14 heteroatoms. The Kier molecular flexibility index (Phi) is 26.7. The van der Waals surface area contributed by atoms with E-state index in [1.54, 1.807) is 37.3 Å². The van der Waals surface area contributed by atoms with Crippen molar-refractivity contribution in [2.24, 2.45) is 5.73 Å². The van der Waals surface area contributed by atoms with Crippen LogP contribution in [0.2, 0.25) is 0 Å². The van der Waals surface area contributed by atoms with Crippen molar-refractivity contribution in [3.05, 3.63) is 35.9 Å². The zero-order valence-corrected chi connectivity index (χ0v) is 27.6. The third kappa shape index (κ3) is 26.7. The monoisotopic (exact) mass is 661 g/mol. The number of carbonyl (C=O) groups is 5. The smallest absolute Gasteiger partial charge is 0.382 e. The minimum atomic E-state index is -4.88. The highest BCUT2D eigenvalue weighted by molar-refractivity contribution is 5.92. The van der Waals surface area contributed by atoms with Gasteiger partial charge >= 0.3 is 6.18 Å². The Hall–Kier alpha value is -3.68. The summed E-state index contributed by atoms with van der Waals surface area (Å²) in [4.78, 5) is 58.5. The van der Waals surface area contributed by atoms with Crippen LogP contribution >= 0.6 is 0 Å². The number of hydrogen-bond acceptors (Lipinski definition) is 6. The highest BCUT2D eigenvalue weighted by Gasteiger charge is 2.38. The number of halogens is 3. The van der Waals surface area contributed by atoms with Gasteiger partial charge in [0, 0.05) is 19.3 Å². The predicted octanol–water partition coefficient (Wildman–Crippen LogP) is 3.42. The van der Waals surface area contributed by atoms with Crippen LogP contribution in [0.25, 0.3) is 0 Å². The molecule has 0 bridgehead atoms. The van der Waals surface area contributed by atoms with Gasteiger partial charge < -0.3 is 32.1 Å². The van der Waals surface area contributed by atoms with Gasteiger partial charge in [0.05, 0.1) is 19.6 Å². The zero-order chi connectivity index (χ0) is 35.4. The number of unbranched alkanes of at least 4 members (excludes halogenated alkanes) is 6. The fraction of sp³-hybridized carbons (Fsp3) is 0.656. The summed E-state index contributed by atoms with van der Waals surface area (Å²) in [6.45, 7) is 6.08. The summed E-state index contributed by atoms with van der Waals surface area (Å²) in [7, 11) is 0. The summed E-state index contributed by atoms with van der Waals surface area (Å²) in [5.74, 6) is -2.79. The van der Waals surface area contributed by atoms with E-state index in [9.17, 15) is 37.1 Å². The van der Waals surface area contributed by atoms with Gasteiger partial charge in [-0.15, -0.1) is 0 Å². The second kappa shape index (κ2) is 27.6. The number of aliphatic hydroxyl groups excluding tert-OH is 1. The van der Waals surface area contributed by atoms with E-state index >= 15 is 0 Å². The first-order chi connectivity index (χ1) is 21.7. The molecule has 1 aromatic carbocycles. The van der Waals surface area contributed by atoms with Gasteiger partial charge in [-0.25, -0.2) is 0 Å². The summed E-state index contributed by atoms with van der Waals surface area (Å²) in [5.41, 5.74) is 5.37. The number of aliphatic hydroxyl groups is 1. The molecule has 11 nitrogen and oxygen atoms in total. The highest BCUT2D eigenvalue weighted by Crippen LogP contribution is 2.19.